The Hall–Kier alpha value is -2.09. The Morgan fingerprint density at radius 3 is 1.59 bits per heavy atom. The minimum absolute atomic E-state index is 0.824. The maximum Gasteiger partial charge on any atom is 0.165 e. The van der Waals surface area contributed by atoms with E-state index >= 15 is 0 Å². The van der Waals surface area contributed by atoms with Gasteiger partial charge >= 0.3 is 0 Å². The Morgan fingerprint density at radius 1 is 0.682 bits per heavy atom. The lowest BCUT2D eigenvalue weighted by molar-refractivity contribution is 0.174. The van der Waals surface area contributed by atoms with E-state index in [1.165, 1.54) is 0 Å². The molecule has 1 nitrogen and oxygen atoms in total. The van der Waals surface area contributed by atoms with Crippen molar-refractivity contribution < 1.29 is 4.29 Å². The van der Waals surface area contributed by atoms with E-state index in [4.69, 9.17) is 16.2 Å². The average molecular weight is 309 g/mol. The lowest BCUT2D eigenvalue weighted by Crippen LogP contribution is -2.30. The summed E-state index contributed by atoms with van der Waals surface area (Å²) in [6.07, 6.45) is 0. The summed E-state index contributed by atoms with van der Waals surface area (Å²) < 4.78 is 5.65. The Balaban J connectivity index is 2.34. The van der Waals surface area contributed by atoms with Crippen LogP contribution < -0.4 is 0 Å². The summed E-state index contributed by atoms with van der Waals surface area (Å²) in [6.45, 7) is 2.08. The molecule has 3 aromatic carbocycles. The zero-order valence-electron chi connectivity index (χ0n) is 12.4. The van der Waals surface area contributed by atoms with Crippen molar-refractivity contribution in [2.24, 2.45) is 0 Å². The zero-order chi connectivity index (χ0) is 15.4. The van der Waals surface area contributed by atoms with Gasteiger partial charge in [-0.15, -0.1) is 0 Å². The topological polar surface area (TPSA) is 9.23 Å². The predicted octanol–water partition coefficient (Wildman–Crippen LogP) is 5.46. The fourth-order valence-corrected chi connectivity index (χ4v) is 3.18. The molecule has 0 unspecified atom stereocenters. The van der Waals surface area contributed by atoms with Crippen molar-refractivity contribution in [1.29, 1.82) is 0 Å². The van der Waals surface area contributed by atoms with Crippen LogP contribution in [-0.4, -0.2) is 0 Å². The van der Waals surface area contributed by atoms with Gasteiger partial charge in [-0.1, -0.05) is 84.9 Å². The van der Waals surface area contributed by atoms with Gasteiger partial charge in [0.05, 0.1) is 11.9 Å². The van der Waals surface area contributed by atoms with E-state index in [0.29, 0.717) is 0 Å². The average Bonchev–Trinajstić information content (AvgIpc) is 2.59. The van der Waals surface area contributed by atoms with Crippen LogP contribution in [0.1, 0.15) is 22.3 Å². The van der Waals surface area contributed by atoms with Gasteiger partial charge in [-0.3, -0.25) is 4.29 Å². The molecule has 0 aliphatic carbocycles. The molecule has 0 heterocycles. The molecule has 110 valence electrons. The van der Waals surface area contributed by atoms with Gasteiger partial charge in [0.15, 0.2) is 5.60 Å². The van der Waals surface area contributed by atoms with Crippen LogP contribution in [-0.2, 0) is 9.89 Å². The molecule has 0 saturated carbocycles. The largest absolute Gasteiger partial charge is 0.258 e. The van der Waals surface area contributed by atoms with Crippen molar-refractivity contribution in [3.05, 3.63) is 107 Å². The summed E-state index contributed by atoms with van der Waals surface area (Å²) in [4.78, 5) is 0. The lowest BCUT2D eigenvalue weighted by Gasteiger charge is -2.33. The quantitative estimate of drug-likeness (QED) is 0.582. The molecule has 0 amide bonds. The predicted molar refractivity (Wildman–Crippen MR) is 90.9 cm³/mol. The molecule has 2 heteroatoms. The monoisotopic (exact) mass is 308 g/mol. The standard InChI is InChI=1S/C20H17ClO/c1-16-10-8-9-15-19(16)20(22-21,17-11-4-2-5-12-17)18-13-6-3-7-14-18/h2-15H,1H3. The first-order chi connectivity index (χ1) is 10.8. The van der Waals surface area contributed by atoms with E-state index < -0.39 is 5.60 Å². The van der Waals surface area contributed by atoms with Crippen molar-refractivity contribution in [1.82, 2.24) is 0 Å². The maximum atomic E-state index is 6.10. The Labute approximate surface area is 136 Å². The van der Waals surface area contributed by atoms with E-state index in [-0.39, 0.29) is 0 Å². The highest BCUT2D eigenvalue weighted by Crippen LogP contribution is 2.42. The molecule has 0 fully saturated rings. The first-order valence-corrected chi connectivity index (χ1v) is 7.57. The first-order valence-electron chi connectivity index (χ1n) is 7.26. The third kappa shape index (κ3) is 2.43. The molecule has 0 saturated heterocycles. The summed E-state index contributed by atoms with van der Waals surface area (Å²) in [7, 11) is 0. The van der Waals surface area contributed by atoms with Crippen LogP contribution in [0.15, 0.2) is 84.9 Å². The van der Waals surface area contributed by atoms with Gasteiger partial charge in [0, 0.05) is 0 Å². The molecule has 0 spiro atoms. The van der Waals surface area contributed by atoms with Gasteiger partial charge < -0.3 is 0 Å². The van der Waals surface area contributed by atoms with Crippen LogP contribution in [0.5, 0.6) is 0 Å². The van der Waals surface area contributed by atoms with Crippen LogP contribution in [0.25, 0.3) is 0 Å². The number of hydrogen-bond donors (Lipinski definition) is 0. The molecule has 3 aromatic rings. The summed E-state index contributed by atoms with van der Waals surface area (Å²) in [6, 6.07) is 28.3. The van der Waals surface area contributed by atoms with Gasteiger partial charge in [0.2, 0.25) is 0 Å². The van der Waals surface area contributed by atoms with E-state index in [9.17, 15) is 0 Å². The fraction of sp³-hybridized carbons (Fsp3) is 0.100. The molecule has 22 heavy (non-hydrogen) atoms. The molecule has 0 aromatic heterocycles. The summed E-state index contributed by atoms with van der Waals surface area (Å²) in [5, 5.41) is 0. The van der Waals surface area contributed by atoms with Crippen molar-refractivity contribution in [3.8, 4) is 0 Å². The molecule has 0 aliphatic rings. The maximum absolute atomic E-state index is 6.10. The van der Waals surface area contributed by atoms with Crippen LogP contribution in [0.4, 0.5) is 0 Å². The van der Waals surface area contributed by atoms with Crippen LogP contribution in [0.2, 0.25) is 0 Å². The smallest absolute Gasteiger partial charge is 0.165 e. The van der Waals surface area contributed by atoms with Gasteiger partial charge in [-0.2, -0.15) is 0 Å². The van der Waals surface area contributed by atoms with E-state index in [0.717, 1.165) is 22.3 Å². The Kier molecular flexibility index (Phi) is 4.28. The third-order valence-electron chi connectivity index (χ3n) is 4.00. The number of rotatable bonds is 4. The number of aryl methyl sites for hydroxylation is 1. The molecule has 0 radical (unpaired) electrons. The highest BCUT2D eigenvalue weighted by atomic mass is 35.5. The van der Waals surface area contributed by atoms with Crippen LogP contribution in [0, 0.1) is 6.92 Å². The first kappa shape index (κ1) is 14.8. The molecular weight excluding hydrogens is 292 g/mol. The second-order valence-corrected chi connectivity index (χ2v) is 5.46. The second-order valence-electron chi connectivity index (χ2n) is 5.31. The van der Waals surface area contributed by atoms with Crippen LogP contribution >= 0.6 is 11.9 Å². The zero-order valence-corrected chi connectivity index (χ0v) is 13.1. The molecule has 0 bridgehead atoms. The van der Waals surface area contributed by atoms with Gasteiger partial charge in [-0.05, 0) is 29.2 Å². The SMILES string of the molecule is Cc1ccccc1C(OCl)(c1ccccc1)c1ccccc1. The molecule has 0 atom stereocenters. The van der Waals surface area contributed by atoms with Gasteiger partial charge in [0.1, 0.15) is 0 Å². The summed E-state index contributed by atoms with van der Waals surface area (Å²) >= 11 is 6.10. The molecule has 0 aliphatic heterocycles. The fourth-order valence-electron chi connectivity index (χ4n) is 2.92. The van der Waals surface area contributed by atoms with Gasteiger partial charge in [-0.25, -0.2) is 0 Å². The minimum Gasteiger partial charge on any atom is -0.258 e. The van der Waals surface area contributed by atoms with Crippen molar-refractivity contribution in [2.45, 2.75) is 12.5 Å². The Morgan fingerprint density at radius 2 is 1.14 bits per heavy atom. The van der Waals surface area contributed by atoms with Crippen molar-refractivity contribution in [3.63, 3.8) is 0 Å². The van der Waals surface area contributed by atoms with Crippen molar-refractivity contribution >= 4 is 11.9 Å². The van der Waals surface area contributed by atoms with Crippen LogP contribution in [0.3, 0.4) is 0 Å². The molecule has 3 rings (SSSR count). The van der Waals surface area contributed by atoms with Gasteiger partial charge in [0.25, 0.3) is 0 Å². The second kappa shape index (κ2) is 6.35. The number of hydrogen-bond acceptors (Lipinski definition) is 1. The van der Waals surface area contributed by atoms with E-state index in [1.54, 1.807) is 0 Å². The summed E-state index contributed by atoms with van der Waals surface area (Å²) in [5.74, 6) is 0. The van der Waals surface area contributed by atoms with E-state index in [1.807, 2.05) is 72.8 Å². The van der Waals surface area contributed by atoms with Crippen molar-refractivity contribution in [2.75, 3.05) is 0 Å². The lowest BCUT2D eigenvalue weighted by atomic mass is 9.78. The van der Waals surface area contributed by atoms with E-state index in [2.05, 4.69) is 19.1 Å². The molecule has 0 N–H and O–H groups in total. The molecular formula is C20H17ClO. The summed E-state index contributed by atoms with van der Waals surface area (Å²) in [5.41, 5.74) is 3.37. The normalized spacial score (nSPS) is 11.4. The Bertz CT molecular complexity index is 698. The number of benzene rings is 3. The minimum atomic E-state index is -0.824. The third-order valence-corrected chi connectivity index (χ3v) is 4.23. The highest BCUT2D eigenvalue weighted by molar-refractivity contribution is 6.08. The highest BCUT2D eigenvalue weighted by Gasteiger charge is 2.38. The number of halogens is 1.